The fraction of sp³-hybridized carbons (Fsp3) is 0.333. The van der Waals surface area contributed by atoms with Gasteiger partial charge in [0.25, 0.3) is 5.91 Å². The number of halogens is 2. The molecule has 2 unspecified atom stereocenters. The van der Waals surface area contributed by atoms with E-state index in [1.54, 1.807) is 35.2 Å². The van der Waals surface area contributed by atoms with E-state index in [9.17, 15) is 9.59 Å². The van der Waals surface area contributed by atoms with Crippen molar-refractivity contribution in [3.8, 4) is 0 Å². The van der Waals surface area contributed by atoms with E-state index in [1.165, 1.54) is 6.26 Å². The summed E-state index contributed by atoms with van der Waals surface area (Å²) in [6, 6.07) is 7.62. The molecule has 25 heavy (non-hydrogen) atoms. The lowest BCUT2D eigenvalue weighted by Crippen LogP contribution is -2.46. The summed E-state index contributed by atoms with van der Waals surface area (Å²) in [7, 11) is 0. The first-order valence-corrected chi connectivity index (χ1v) is 8.83. The molecule has 1 aliphatic heterocycles. The van der Waals surface area contributed by atoms with Crippen LogP contribution < -0.4 is 5.32 Å². The number of amides is 2. The van der Waals surface area contributed by atoms with Crippen molar-refractivity contribution in [1.82, 2.24) is 10.2 Å². The molecule has 1 N–H and O–H groups in total. The normalized spacial score (nSPS) is 18.2. The molecule has 0 bridgehead atoms. The van der Waals surface area contributed by atoms with Crippen LogP contribution in [0.5, 0.6) is 0 Å². The Morgan fingerprint density at radius 2 is 2.12 bits per heavy atom. The van der Waals surface area contributed by atoms with Gasteiger partial charge in [-0.3, -0.25) is 9.59 Å². The molecule has 0 aliphatic carbocycles. The molecule has 0 spiro atoms. The van der Waals surface area contributed by atoms with Crippen LogP contribution in [-0.4, -0.2) is 29.3 Å². The third kappa shape index (κ3) is 3.83. The minimum Gasteiger partial charge on any atom is -0.459 e. The van der Waals surface area contributed by atoms with Crippen LogP contribution in [0.25, 0.3) is 0 Å². The number of hydrogen-bond donors (Lipinski definition) is 1. The quantitative estimate of drug-likeness (QED) is 0.869. The Labute approximate surface area is 155 Å². The molecule has 132 valence electrons. The van der Waals surface area contributed by atoms with Crippen LogP contribution in [0.15, 0.2) is 41.0 Å². The van der Waals surface area contributed by atoms with Crippen molar-refractivity contribution in [3.63, 3.8) is 0 Å². The highest BCUT2D eigenvalue weighted by Crippen LogP contribution is 2.27. The number of hydrogen-bond acceptors (Lipinski definition) is 3. The Balaban J connectivity index is 1.70. The molecule has 1 aromatic carbocycles. The Kier molecular flexibility index (Phi) is 5.35. The summed E-state index contributed by atoms with van der Waals surface area (Å²) >= 11 is 12.1. The van der Waals surface area contributed by atoms with Crippen molar-refractivity contribution in [1.29, 1.82) is 0 Å². The summed E-state index contributed by atoms with van der Waals surface area (Å²) < 4.78 is 5.16. The van der Waals surface area contributed by atoms with Crippen LogP contribution in [0.4, 0.5) is 0 Å². The second-order valence-corrected chi connectivity index (χ2v) is 6.87. The summed E-state index contributed by atoms with van der Waals surface area (Å²) in [5.74, 6) is -0.218. The maximum atomic E-state index is 12.7. The lowest BCUT2D eigenvalue weighted by atomic mass is 10.1. The third-order valence-electron chi connectivity index (χ3n) is 4.34. The summed E-state index contributed by atoms with van der Waals surface area (Å²) in [5, 5.41) is 3.97. The van der Waals surface area contributed by atoms with Gasteiger partial charge < -0.3 is 14.6 Å². The Bertz CT molecular complexity index is 777. The van der Waals surface area contributed by atoms with Gasteiger partial charge in [-0.1, -0.05) is 29.3 Å². The van der Waals surface area contributed by atoms with E-state index in [0.717, 1.165) is 12.0 Å². The Hall–Kier alpha value is -1.98. The van der Waals surface area contributed by atoms with Crippen LogP contribution in [-0.2, 0) is 4.79 Å². The van der Waals surface area contributed by atoms with Crippen molar-refractivity contribution >= 4 is 35.0 Å². The number of nitrogens with one attached hydrogen (secondary N) is 1. The van der Waals surface area contributed by atoms with Crippen molar-refractivity contribution in [3.05, 3.63) is 58.0 Å². The number of rotatable bonds is 4. The highest BCUT2D eigenvalue weighted by atomic mass is 35.5. The molecule has 5 nitrogen and oxygen atoms in total. The molecule has 2 heterocycles. The zero-order chi connectivity index (χ0) is 18.0. The van der Waals surface area contributed by atoms with Gasteiger partial charge in [0.05, 0.1) is 12.3 Å². The standard InChI is InChI=1S/C18H18Cl2N2O3/c1-11(13-7-6-12(19)10-14(13)20)21-17(23)15-4-2-8-22(15)18(24)16-5-3-9-25-16/h3,5-7,9-11,15H,2,4,8H2,1H3,(H,21,23). The van der Waals surface area contributed by atoms with E-state index in [2.05, 4.69) is 5.32 Å². The molecule has 0 saturated carbocycles. The zero-order valence-corrected chi connectivity index (χ0v) is 15.2. The van der Waals surface area contributed by atoms with Gasteiger partial charge in [-0.2, -0.15) is 0 Å². The summed E-state index contributed by atoms with van der Waals surface area (Å²) in [4.78, 5) is 26.7. The third-order valence-corrected chi connectivity index (χ3v) is 4.90. The number of nitrogens with zero attached hydrogens (tertiary/aromatic N) is 1. The van der Waals surface area contributed by atoms with Crippen LogP contribution >= 0.6 is 23.2 Å². The fourth-order valence-electron chi connectivity index (χ4n) is 3.06. The second kappa shape index (κ2) is 7.50. The minimum absolute atomic E-state index is 0.198. The van der Waals surface area contributed by atoms with E-state index in [4.69, 9.17) is 27.6 Å². The number of likely N-dealkylation sites (tertiary alicyclic amines) is 1. The van der Waals surface area contributed by atoms with Gasteiger partial charge in [0.1, 0.15) is 6.04 Å². The molecular formula is C18H18Cl2N2O3. The molecule has 3 rings (SSSR count). The molecule has 7 heteroatoms. The first-order chi connectivity index (χ1) is 12.0. The molecule has 2 aromatic rings. The smallest absolute Gasteiger partial charge is 0.290 e. The van der Waals surface area contributed by atoms with E-state index in [1.807, 2.05) is 6.92 Å². The SMILES string of the molecule is CC(NC(=O)C1CCCN1C(=O)c1ccco1)c1ccc(Cl)cc1Cl. The lowest BCUT2D eigenvalue weighted by Gasteiger charge is -2.25. The van der Waals surface area contributed by atoms with Crippen molar-refractivity contribution in [2.24, 2.45) is 0 Å². The minimum atomic E-state index is -0.508. The number of benzene rings is 1. The molecule has 2 amide bonds. The summed E-state index contributed by atoms with van der Waals surface area (Å²) in [6.45, 7) is 2.38. The first-order valence-electron chi connectivity index (χ1n) is 8.07. The van der Waals surface area contributed by atoms with E-state index < -0.39 is 6.04 Å². The molecule has 0 radical (unpaired) electrons. The van der Waals surface area contributed by atoms with Crippen LogP contribution in [0.1, 0.15) is 41.9 Å². The number of carbonyl (C=O) groups excluding carboxylic acids is 2. The predicted molar refractivity (Wildman–Crippen MR) is 95.8 cm³/mol. The van der Waals surface area contributed by atoms with E-state index in [-0.39, 0.29) is 23.6 Å². The molecular weight excluding hydrogens is 363 g/mol. The van der Waals surface area contributed by atoms with Crippen LogP contribution in [0.2, 0.25) is 10.0 Å². The van der Waals surface area contributed by atoms with Crippen molar-refractivity contribution in [2.75, 3.05) is 6.54 Å². The summed E-state index contributed by atoms with van der Waals surface area (Å²) in [6.07, 6.45) is 2.85. The van der Waals surface area contributed by atoms with Gasteiger partial charge in [0.15, 0.2) is 5.76 Å². The summed E-state index contributed by atoms with van der Waals surface area (Å²) in [5.41, 5.74) is 0.779. The highest BCUT2D eigenvalue weighted by molar-refractivity contribution is 6.35. The zero-order valence-electron chi connectivity index (χ0n) is 13.7. The second-order valence-electron chi connectivity index (χ2n) is 6.03. The van der Waals surface area contributed by atoms with Crippen LogP contribution in [0.3, 0.4) is 0 Å². The maximum Gasteiger partial charge on any atom is 0.290 e. The first kappa shape index (κ1) is 17.8. The predicted octanol–water partition coefficient (Wildman–Crippen LogP) is 4.07. The van der Waals surface area contributed by atoms with Crippen LogP contribution in [0, 0.1) is 0 Å². The fourth-order valence-corrected chi connectivity index (χ4v) is 3.64. The maximum absolute atomic E-state index is 12.7. The van der Waals surface area contributed by atoms with Gasteiger partial charge in [0, 0.05) is 16.6 Å². The van der Waals surface area contributed by atoms with Gasteiger partial charge in [-0.15, -0.1) is 0 Å². The van der Waals surface area contributed by atoms with Gasteiger partial charge in [-0.25, -0.2) is 0 Å². The topological polar surface area (TPSA) is 62.6 Å². The Morgan fingerprint density at radius 3 is 2.80 bits per heavy atom. The van der Waals surface area contributed by atoms with Crippen molar-refractivity contribution < 1.29 is 14.0 Å². The molecule has 1 aliphatic rings. The van der Waals surface area contributed by atoms with Gasteiger partial charge in [-0.05, 0) is 49.6 Å². The van der Waals surface area contributed by atoms with Gasteiger partial charge in [0.2, 0.25) is 5.91 Å². The number of carbonyl (C=O) groups is 2. The molecule has 1 saturated heterocycles. The van der Waals surface area contributed by atoms with Gasteiger partial charge >= 0.3 is 0 Å². The monoisotopic (exact) mass is 380 g/mol. The Morgan fingerprint density at radius 1 is 1.32 bits per heavy atom. The molecule has 1 fully saturated rings. The molecule has 1 aromatic heterocycles. The van der Waals surface area contributed by atoms with Crippen molar-refractivity contribution in [2.45, 2.75) is 31.8 Å². The largest absolute Gasteiger partial charge is 0.459 e. The van der Waals surface area contributed by atoms with E-state index >= 15 is 0 Å². The lowest BCUT2D eigenvalue weighted by molar-refractivity contribution is -0.125. The number of furan rings is 1. The average molecular weight is 381 g/mol. The molecule has 2 atom stereocenters. The highest BCUT2D eigenvalue weighted by Gasteiger charge is 2.36. The average Bonchev–Trinajstić information content (AvgIpc) is 3.25. The van der Waals surface area contributed by atoms with E-state index in [0.29, 0.717) is 23.0 Å².